The summed E-state index contributed by atoms with van der Waals surface area (Å²) in [5.74, 6) is 2.07. The monoisotopic (exact) mass is 1020 g/mol. The van der Waals surface area contributed by atoms with Crippen LogP contribution >= 0.6 is 0 Å². The summed E-state index contributed by atoms with van der Waals surface area (Å²) in [6.07, 6.45) is 8.00. The molecule has 1 aliphatic rings. The lowest BCUT2D eigenvalue weighted by Gasteiger charge is -2.24. The number of nitrogens with zero attached hydrogens (tertiary/aromatic N) is 5. The number of allylic oxidation sites excluding steroid dienone is 4. The lowest BCUT2D eigenvalue weighted by molar-refractivity contribution is 0.856. The third-order valence-electron chi connectivity index (χ3n) is 15.9. The van der Waals surface area contributed by atoms with Crippen molar-refractivity contribution in [2.24, 2.45) is 0 Å². The van der Waals surface area contributed by atoms with Crippen LogP contribution in [0.3, 0.4) is 0 Å². The van der Waals surface area contributed by atoms with Crippen LogP contribution in [0.2, 0.25) is 0 Å². The van der Waals surface area contributed by atoms with Crippen LogP contribution < -0.4 is 0 Å². The fourth-order valence-corrected chi connectivity index (χ4v) is 12.0. The predicted molar refractivity (Wildman–Crippen MR) is 332 cm³/mol. The molecule has 3 aromatic heterocycles. The molecule has 0 fully saturated rings. The van der Waals surface area contributed by atoms with Crippen LogP contribution in [0.5, 0.6) is 0 Å². The van der Waals surface area contributed by atoms with E-state index in [0.29, 0.717) is 17.5 Å². The standard InChI is InChI=1S/C75H51N5/c1-6-20-50(21-7-1)53-34-38-55(39-35-53)64-47-60(75-77-73(57-26-12-4-13-27-57)76-74(78-75)58-28-14-5-15-29-58)48-65(56-40-36-54(37-41-56)51-22-8-2-9-23-51)72(64)80-70-44-42-59(52-24-10-3-11-25-52)46-66(70)67-49-61(43-45-71(67)80)79-68-32-18-16-30-62(68)63-31-17-19-33-69(63)79/h1-36,38-49,54H,37H2. The van der Waals surface area contributed by atoms with E-state index in [1.165, 1.54) is 43.9 Å². The van der Waals surface area contributed by atoms with Crippen LogP contribution in [0.25, 0.3) is 128 Å². The number of benzene rings is 11. The van der Waals surface area contributed by atoms with Gasteiger partial charge in [0, 0.05) is 61.0 Å². The summed E-state index contributed by atoms with van der Waals surface area (Å²) in [6, 6.07) is 98.0. The van der Waals surface area contributed by atoms with Crippen molar-refractivity contribution in [2.45, 2.75) is 12.3 Å². The van der Waals surface area contributed by atoms with Gasteiger partial charge in [0.2, 0.25) is 0 Å². The molecule has 0 spiro atoms. The van der Waals surface area contributed by atoms with Gasteiger partial charge in [-0.25, -0.2) is 15.0 Å². The van der Waals surface area contributed by atoms with Crippen molar-refractivity contribution in [3.05, 3.63) is 302 Å². The summed E-state index contributed by atoms with van der Waals surface area (Å²) in [7, 11) is 0. The zero-order chi connectivity index (χ0) is 52.9. The Bertz CT molecular complexity index is 4580. The highest BCUT2D eigenvalue weighted by atomic mass is 15.0. The van der Waals surface area contributed by atoms with Crippen molar-refractivity contribution < 1.29 is 0 Å². The molecule has 1 atom stereocenters. The molecule has 5 heteroatoms. The van der Waals surface area contributed by atoms with Crippen LogP contribution in [0.15, 0.2) is 291 Å². The van der Waals surface area contributed by atoms with Crippen molar-refractivity contribution in [1.29, 1.82) is 0 Å². The molecule has 14 aromatic rings. The van der Waals surface area contributed by atoms with Gasteiger partial charge in [-0.3, -0.25) is 0 Å². The lowest BCUT2D eigenvalue weighted by atomic mass is 9.85. The average Bonchev–Trinajstić information content (AvgIpc) is 4.26. The predicted octanol–water partition coefficient (Wildman–Crippen LogP) is 19.2. The second-order valence-electron chi connectivity index (χ2n) is 20.7. The minimum Gasteiger partial charge on any atom is -0.309 e. The molecule has 3 heterocycles. The Morgan fingerprint density at radius 1 is 0.312 bits per heavy atom. The van der Waals surface area contributed by atoms with Gasteiger partial charge < -0.3 is 9.13 Å². The maximum atomic E-state index is 5.37. The molecule has 11 aromatic carbocycles. The molecule has 1 aliphatic carbocycles. The molecule has 0 saturated carbocycles. The molecular weight excluding hydrogens is 971 g/mol. The number of rotatable bonds is 10. The summed E-state index contributed by atoms with van der Waals surface area (Å²) in [5, 5.41) is 4.79. The van der Waals surface area contributed by atoms with Crippen LogP contribution in [0.4, 0.5) is 0 Å². The number of hydrogen-bond donors (Lipinski definition) is 0. The first kappa shape index (κ1) is 46.8. The van der Waals surface area contributed by atoms with Crippen LogP contribution in [-0.4, -0.2) is 24.1 Å². The minimum atomic E-state index is 0.242. The van der Waals surface area contributed by atoms with E-state index in [2.05, 4.69) is 264 Å². The van der Waals surface area contributed by atoms with Crippen molar-refractivity contribution >= 4 is 49.2 Å². The van der Waals surface area contributed by atoms with E-state index in [4.69, 9.17) is 15.0 Å². The molecule has 0 aliphatic heterocycles. The molecule has 0 bridgehead atoms. The van der Waals surface area contributed by atoms with Gasteiger partial charge in [0.25, 0.3) is 0 Å². The van der Waals surface area contributed by atoms with Crippen molar-refractivity contribution in [1.82, 2.24) is 24.1 Å². The maximum Gasteiger partial charge on any atom is 0.164 e. The Kier molecular flexibility index (Phi) is 11.6. The summed E-state index contributed by atoms with van der Waals surface area (Å²) >= 11 is 0. The zero-order valence-electron chi connectivity index (χ0n) is 43.7. The van der Waals surface area contributed by atoms with E-state index in [1.807, 2.05) is 36.4 Å². The maximum absolute atomic E-state index is 5.37. The number of aromatic nitrogens is 5. The molecule has 80 heavy (non-hydrogen) atoms. The van der Waals surface area contributed by atoms with E-state index in [1.54, 1.807) is 0 Å². The Morgan fingerprint density at radius 3 is 1.32 bits per heavy atom. The molecule has 376 valence electrons. The highest BCUT2D eigenvalue weighted by Crippen LogP contribution is 2.46. The fourth-order valence-electron chi connectivity index (χ4n) is 12.0. The molecule has 1 unspecified atom stereocenters. The largest absolute Gasteiger partial charge is 0.309 e. The van der Waals surface area contributed by atoms with Gasteiger partial charge in [0.1, 0.15) is 0 Å². The van der Waals surface area contributed by atoms with E-state index >= 15 is 0 Å². The van der Waals surface area contributed by atoms with Crippen LogP contribution in [0, 0.1) is 0 Å². The SMILES string of the molecule is C1=CC(c2ccccc2)CC=C1c1cc(-c2nc(-c3ccccc3)nc(-c3ccccc3)n2)cc(-c2ccc(-c3ccccc3)cc2)c1-n1c2ccc(-c3ccccc3)cc2c2cc(-n3c4ccccc4c4ccccc43)ccc21. The average molecular weight is 1020 g/mol. The van der Waals surface area contributed by atoms with Crippen molar-refractivity contribution in [3.63, 3.8) is 0 Å². The quantitative estimate of drug-likeness (QED) is 0.137. The second-order valence-corrected chi connectivity index (χ2v) is 20.7. The molecule has 0 amide bonds. The van der Waals surface area contributed by atoms with Crippen LogP contribution in [0.1, 0.15) is 23.5 Å². The van der Waals surface area contributed by atoms with Gasteiger partial charge in [-0.15, -0.1) is 0 Å². The molecule has 15 rings (SSSR count). The summed E-state index contributed by atoms with van der Waals surface area (Å²) in [5.41, 5.74) is 19.8. The van der Waals surface area contributed by atoms with Crippen LogP contribution in [-0.2, 0) is 0 Å². The smallest absolute Gasteiger partial charge is 0.164 e. The van der Waals surface area contributed by atoms with Gasteiger partial charge in [0.05, 0.1) is 27.8 Å². The zero-order valence-corrected chi connectivity index (χ0v) is 43.7. The number of hydrogen-bond acceptors (Lipinski definition) is 3. The molecule has 5 nitrogen and oxygen atoms in total. The van der Waals surface area contributed by atoms with Gasteiger partial charge in [0.15, 0.2) is 17.5 Å². The van der Waals surface area contributed by atoms with Gasteiger partial charge in [-0.1, -0.05) is 237 Å². The minimum absolute atomic E-state index is 0.242. The molecule has 0 radical (unpaired) electrons. The van der Waals surface area contributed by atoms with Crippen molar-refractivity contribution in [3.8, 4) is 78.9 Å². The Balaban J connectivity index is 1.04. The topological polar surface area (TPSA) is 48.5 Å². The molecule has 0 saturated heterocycles. The van der Waals surface area contributed by atoms with E-state index < -0.39 is 0 Å². The summed E-state index contributed by atoms with van der Waals surface area (Å²) in [6.45, 7) is 0. The Morgan fingerprint density at radius 2 is 0.750 bits per heavy atom. The Labute approximate surface area is 464 Å². The van der Waals surface area contributed by atoms with Crippen molar-refractivity contribution in [2.75, 3.05) is 0 Å². The Hall–Kier alpha value is -10.5. The van der Waals surface area contributed by atoms with Gasteiger partial charge >= 0.3 is 0 Å². The first-order valence-corrected chi connectivity index (χ1v) is 27.4. The summed E-state index contributed by atoms with van der Waals surface area (Å²) in [4.78, 5) is 15.9. The van der Waals surface area contributed by atoms with E-state index in [-0.39, 0.29) is 5.92 Å². The lowest BCUT2D eigenvalue weighted by Crippen LogP contribution is -2.06. The first-order valence-electron chi connectivity index (χ1n) is 27.4. The number of para-hydroxylation sites is 2. The normalized spacial score (nSPS) is 13.3. The molecule has 0 N–H and O–H groups in total. The third-order valence-corrected chi connectivity index (χ3v) is 15.9. The second kappa shape index (κ2) is 19.8. The first-order chi connectivity index (χ1) is 39.7. The highest BCUT2D eigenvalue weighted by Gasteiger charge is 2.26. The van der Waals surface area contributed by atoms with E-state index in [0.717, 1.165) is 84.3 Å². The number of fused-ring (bicyclic) bond motifs is 6. The molecular formula is C75H51N5. The highest BCUT2D eigenvalue weighted by molar-refractivity contribution is 6.14. The van der Waals surface area contributed by atoms with Gasteiger partial charge in [-0.2, -0.15) is 0 Å². The summed E-state index contributed by atoms with van der Waals surface area (Å²) < 4.78 is 4.96. The fraction of sp³-hybridized carbons (Fsp3) is 0.0267. The third kappa shape index (κ3) is 8.32. The van der Waals surface area contributed by atoms with E-state index in [9.17, 15) is 0 Å². The van der Waals surface area contributed by atoms with Gasteiger partial charge in [-0.05, 0) is 100.0 Å².